The first-order chi connectivity index (χ1) is 13.7. The number of anilines is 1. The number of rotatable bonds is 3. The number of hydrogen-bond donors (Lipinski definition) is 1. The Morgan fingerprint density at radius 3 is 3.00 bits per heavy atom. The summed E-state index contributed by atoms with van der Waals surface area (Å²) < 4.78 is 9.84. The van der Waals surface area contributed by atoms with Gasteiger partial charge >= 0.3 is 0 Å². The van der Waals surface area contributed by atoms with Gasteiger partial charge in [0.25, 0.3) is 5.56 Å². The summed E-state index contributed by atoms with van der Waals surface area (Å²) in [5.41, 5.74) is 4.72. The van der Waals surface area contributed by atoms with E-state index in [0.29, 0.717) is 19.2 Å². The standard InChI is InChI=1S/C22H26N4O2/c1-15-7-8-17-18(23-15)9-10-19-22(17)24-20(13-25-11-3-2-6-21(25)27)26(19)16-5-4-12-28-14-16/h2-3,6,9-11,15-16,23H,4-5,7-8,12-14H2,1H3/t15-,16-/m0/s1. The molecule has 146 valence electrons. The Morgan fingerprint density at radius 1 is 1.25 bits per heavy atom. The molecule has 0 bridgehead atoms. The zero-order chi connectivity index (χ0) is 19.1. The van der Waals surface area contributed by atoms with Crippen LogP contribution in [0, 0.1) is 0 Å². The topological polar surface area (TPSA) is 61.1 Å². The Labute approximate surface area is 164 Å². The Bertz CT molecular complexity index is 1060. The number of benzene rings is 1. The van der Waals surface area contributed by atoms with Crippen LogP contribution in [0.15, 0.2) is 41.3 Å². The second kappa shape index (κ2) is 7.09. The summed E-state index contributed by atoms with van der Waals surface area (Å²) >= 11 is 0. The molecule has 2 aliphatic heterocycles. The van der Waals surface area contributed by atoms with Crippen molar-refractivity contribution in [3.8, 4) is 0 Å². The monoisotopic (exact) mass is 378 g/mol. The molecule has 0 unspecified atom stereocenters. The van der Waals surface area contributed by atoms with E-state index in [1.807, 2.05) is 12.3 Å². The molecule has 2 aromatic heterocycles. The molecule has 0 radical (unpaired) electrons. The molecule has 6 nitrogen and oxygen atoms in total. The number of fused-ring (bicyclic) bond motifs is 3. The van der Waals surface area contributed by atoms with Crippen LogP contribution in [-0.4, -0.2) is 33.4 Å². The van der Waals surface area contributed by atoms with Crippen LogP contribution < -0.4 is 10.9 Å². The van der Waals surface area contributed by atoms with Crippen LogP contribution >= 0.6 is 0 Å². The van der Waals surface area contributed by atoms with Gasteiger partial charge in [0.2, 0.25) is 0 Å². The number of ether oxygens (including phenoxy) is 1. The molecule has 2 aliphatic rings. The third kappa shape index (κ3) is 3.02. The summed E-state index contributed by atoms with van der Waals surface area (Å²) in [5, 5.41) is 3.59. The van der Waals surface area contributed by atoms with Crippen molar-refractivity contribution in [2.75, 3.05) is 18.5 Å². The molecule has 0 aliphatic carbocycles. The molecule has 6 heteroatoms. The highest BCUT2D eigenvalue weighted by Gasteiger charge is 2.25. The summed E-state index contributed by atoms with van der Waals surface area (Å²) in [5.74, 6) is 0.936. The molecule has 0 amide bonds. The number of aryl methyl sites for hydroxylation is 1. The Hall–Kier alpha value is -2.60. The third-order valence-corrected chi connectivity index (χ3v) is 5.98. The van der Waals surface area contributed by atoms with Gasteiger partial charge in [0.15, 0.2) is 0 Å². The van der Waals surface area contributed by atoms with E-state index in [4.69, 9.17) is 9.72 Å². The zero-order valence-corrected chi connectivity index (χ0v) is 16.2. The fraction of sp³-hybridized carbons (Fsp3) is 0.455. The minimum Gasteiger partial charge on any atom is -0.382 e. The van der Waals surface area contributed by atoms with Crippen molar-refractivity contribution in [3.05, 3.63) is 58.3 Å². The van der Waals surface area contributed by atoms with Crippen molar-refractivity contribution in [1.29, 1.82) is 0 Å². The molecule has 28 heavy (non-hydrogen) atoms. The Morgan fingerprint density at radius 2 is 2.18 bits per heavy atom. The molecule has 1 fully saturated rings. The van der Waals surface area contributed by atoms with Gasteiger partial charge in [-0.25, -0.2) is 4.98 Å². The predicted octanol–water partition coefficient (Wildman–Crippen LogP) is 3.34. The van der Waals surface area contributed by atoms with Crippen LogP contribution in [0.4, 0.5) is 5.69 Å². The minimum atomic E-state index is -0.00137. The first-order valence-electron chi connectivity index (χ1n) is 10.2. The van der Waals surface area contributed by atoms with E-state index in [0.717, 1.165) is 49.1 Å². The number of nitrogens with zero attached hydrogens (tertiary/aromatic N) is 3. The summed E-state index contributed by atoms with van der Waals surface area (Å²) in [6.07, 6.45) is 6.11. The van der Waals surface area contributed by atoms with E-state index in [1.165, 1.54) is 11.3 Å². The molecular weight excluding hydrogens is 352 g/mol. The maximum Gasteiger partial charge on any atom is 0.250 e. The van der Waals surface area contributed by atoms with Gasteiger partial charge in [-0.1, -0.05) is 6.07 Å². The van der Waals surface area contributed by atoms with E-state index >= 15 is 0 Å². The Kier molecular flexibility index (Phi) is 4.43. The number of aromatic nitrogens is 3. The summed E-state index contributed by atoms with van der Waals surface area (Å²) in [4.78, 5) is 17.4. The van der Waals surface area contributed by atoms with Crippen molar-refractivity contribution in [1.82, 2.24) is 14.1 Å². The van der Waals surface area contributed by atoms with Crippen LogP contribution in [0.3, 0.4) is 0 Å². The summed E-state index contributed by atoms with van der Waals surface area (Å²) in [7, 11) is 0. The van der Waals surface area contributed by atoms with Crippen molar-refractivity contribution in [3.63, 3.8) is 0 Å². The van der Waals surface area contributed by atoms with Crippen LogP contribution in [0.25, 0.3) is 11.0 Å². The highest BCUT2D eigenvalue weighted by atomic mass is 16.5. The van der Waals surface area contributed by atoms with E-state index < -0.39 is 0 Å². The number of nitrogens with one attached hydrogen (secondary N) is 1. The van der Waals surface area contributed by atoms with Crippen molar-refractivity contribution < 1.29 is 4.74 Å². The van der Waals surface area contributed by atoms with Gasteiger partial charge < -0.3 is 19.2 Å². The SMILES string of the molecule is C[C@H]1CCc2c(ccc3c2nc(Cn2ccccc2=O)n3[C@H]2CCCOC2)N1. The maximum atomic E-state index is 12.3. The molecule has 0 saturated carbocycles. The smallest absolute Gasteiger partial charge is 0.250 e. The van der Waals surface area contributed by atoms with Crippen molar-refractivity contribution in [2.45, 2.75) is 51.2 Å². The van der Waals surface area contributed by atoms with Gasteiger partial charge in [-0.3, -0.25) is 4.79 Å². The predicted molar refractivity (Wildman–Crippen MR) is 110 cm³/mol. The molecule has 3 aromatic rings. The minimum absolute atomic E-state index is 0.00137. The molecule has 0 spiro atoms. The quantitative estimate of drug-likeness (QED) is 0.759. The normalized spacial score (nSPS) is 22.0. The largest absolute Gasteiger partial charge is 0.382 e. The molecule has 5 rings (SSSR count). The lowest BCUT2D eigenvalue weighted by Crippen LogP contribution is -2.26. The second-order valence-electron chi connectivity index (χ2n) is 7.98. The number of imidazole rings is 1. The second-order valence-corrected chi connectivity index (χ2v) is 7.98. The van der Waals surface area contributed by atoms with Crippen LogP contribution in [0.1, 0.15) is 43.6 Å². The molecule has 1 aromatic carbocycles. The van der Waals surface area contributed by atoms with Crippen molar-refractivity contribution in [2.24, 2.45) is 0 Å². The zero-order valence-electron chi connectivity index (χ0n) is 16.2. The van der Waals surface area contributed by atoms with E-state index in [-0.39, 0.29) is 11.6 Å². The first kappa shape index (κ1) is 17.5. The van der Waals surface area contributed by atoms with Gasteiger partial charge in [0.1, 0.15) is 5.82 Å². The third-order valence-electron chi connectivity index (χ3n) is 5.98. The lowest BCUT2D eigenvalue weighted by molar-refractivity contribution is 0.0594. The first-order valence-corrected chi connectivity index (χ1v) is 10.2. The average molecular weight is 378 g/mol. The summed E-state index contributed by atoms with van der Waals surface area (Å²) in [6.45, 7) is 4.23. The van der Waals surface area contributed by atoms with Gasteiger partial charge in [0, 0.05) is 36.2 Å². The molecule has 4 heterocycles. The lowest BCUT2D eigenvalue weighted by Gasteiger charge is -2.27. The fourth-order valence-corrected chi connectivity index (χ4v) is 4.54. The van der Waals surface area contributed by atoms with Gasteiger partial charge in [-0.15, -0.1) is 0 Å². The van der Waals surface area contributed by atoms with Gasteiger partial charge in [-0.2, -0.15) is 0 Å². The van der Waals surface area contributed by atoms with Crippen LogP contribution in [0.2, 0.25) is 0 Å². The lowest BCUT2D eigenvalue weighted by atomic mass is 9.97. The molecular formula is C22H26N4O2. The highest BCUT2D eigenvalue weighted by molar-refractivity contribution is 5.86. The molecule has 2 atom stereocenters. The summed E-state index contributed by atoms with van der Waals surface area (Å²) in [6, 6.07) is 10.4. The molecule has 1 saturated heterocycles. The van der Waals surface area contributed by atoms with E-state index in [2.05, 4.69) is 28.9 Å². The van der Waals surface area contributed by atoms with Gasteiger partial charge in [-0.05, 0) is 50.8 Å². The van der Waals surface area contributed by atoms with Crippen molar-refractivity contribution >= 4 is 16.7 Å². The Balaban J connectivity index is 1.66. The fourth-order valence-electron chi connectivity index (χ4n) is 4.54. The highest BCUT2D eigenvalue weighted by Crippen LogP contribution is 2.35. The van der Waals surface area contributed by atoms with E-state index in [1.54, 1.807) is 16.7 Å². The van der Waals surface area contributed by atoms with Crippen LogP contribution in [-0.2, 0) is 17.7 Å². The van der Waals surface area contributed by atoms with Gasteiger partial charge in [0.05, 0.1) is 30.2 Å². The maximum absolute atomic E-state index is 12.3. The molecule has 1 N–H and O–H groups in total. The van der Waals surface area contributed by atoms with E-state index in [9.17, 15) is 4.79 Å². The van der Waals surface area contributed by atoms with Crippen LogP contribution in [0.5, 0.6) is 0 Å². The average Bonchev–Trinajstić information content (AvgIpc) is 3.08. The number of pyridine rings is 1. The number of hydrogen-bond acceptors (Lipinski definition) is 4.